The predicted molar refractivity (Wildman–Crippen MR) is 103 cm³/mol. The van der Waals surface area contributed by atoms with Crippen LogP contribution in [0.4, 0.5) is 21.5 Å². The van der Waals surface area contributed by atoms with Crippen molar-refractivity contribution in [3.8, 4) is 0 Å². The molecule has 1 amide bonds. The zero-order chi connectivity index (χ0) is 19.6. The molecule has 0 unspecified atom stereocenters. The molecule has 1 saturated carbocycles. The zero-order valence-corrected chi connectivity index (χ0v) is 15.8. The molecule has 3 rings (SSSR count). The second kappa shape index (κ2) is 8.10. The van der Waals surface area contributed by atoms with Gasteiger partial charge in [-0.3, -0.25) is 14.9 Å². The van der Waals surface area contributed by atoms with Gasteiger partial charge in [-0.25, -0.2) is 4.39 Å². The molecule has 0 aromatic heterocycles. The van der Waals surface area contributed by atoms with Crippen LogP contribution in [0.25, 0.3) is 0 Å². The van der Waals surface area contributed by atoms with Crippen molar-refractivity contribution < 1.29 is 14.1 Å². The van der Waals surface area contributed by atoms with Gasteiger partial charge in [0.05, 0.1) is 16.2 Å². The molecule has 1 heterocycles. The van der Waals surface area contributed by atoms with Gasteiger partial charge in [0.25, 0.3) is 11.6 Å². The number of carbonyl (C=O) groups is 1. The average molecular weight is 378 g/mol. The number of carbonyl (C=O) groups excluding carboxylic acids is 1. The largest absolute Gasteiger partial charge is 0.383 e. The van der Waals surface area contributed by atoms with Crippen LogP contribution >= 0.6 is 0 Å². The molecule has 1 aliphatic carbocycles. The minimum Gasteiger partial charge on any atom is -0.383 e. The van der Waals surface area contributed by atoms with E-state index in [0.717, 1.165) is 25.7 Å². The maximum Gasteiger partial charge on any atom is 0.293 e. The molecule has 2 aliphatic rings. The lowest BCUT2D eigenvalue weighted by Gasteiger charge is -2.28. The molecule has 0 bridgehead atoms. The minimum atomic E-state index is -0.950. The quantitative estimate of drug-likeness (QED) is 0.605. The Bertz CT molecular complexity index is 719. The summed E-state index contributed by atoms with van der Waals surface area (Å²) in [5.41, 5.74) is 0.959. The van der Waals surface area contributed by atoms with Crippen LogP contribution < -0.4 is 15.5 Å². The molecule has 1 aliphatic heterocycles. The molecule has 2 fully saturated rings. The van der Waals surface area contributed by atoms with Gasteiger partial charge in [0.2, 0.25) is 0 Å². The summed E-state index contributed by atoms with van der Waals surface area (Å²) in [7, 11) is 1.59. The third-order valence-corrected chi connectivity index (χ3v) is 5.65. The Morgan fingerprint density at radius 2 is 1.96 bits per heavy atom. The van der Waals surface area contributed by atoms with Crippen molar-refractivity contribution in [2.75, 3.05) is 30.4 Å². The van der Waals surface area contributed by atoms with Crippen molar-refractivity contribution in [2.24, 2.45) is 5.92 Å². The van der Waals surface area contributed by atoms with E-state index in [1.807, 2.05) is 0 Å². The van der Waals surface area contributed by atoms with Crippen LogP contribution in [0.5, 0.6) is 0 Å². The number of halogens is 1. The maximum atomic E-state index is 13.7. The molecule has 1 aromatic carbocycles. The number of nitrogens with zero attached hydrogens (tertiary/aromatic N) is 2. The zero-order valence-electron chi connectivity index (χ0n) is 15.8. The first-order chi connectivity index (χ1) is 12.9. The summed E-state index contributed by atoms with van der Waals surface area (Å²) in [4.78, 5) is 25.7. The molecular weight excluding hydrogens is 351 g/mol. The first-order valence-corrected chi connectivity index (χ1v) is 9.59. The van der Waals surface area contributed by atoms with Crippen LogP contribution in [0.1, 0.15) is 49.4 Å². The van der Waals surface area contributed by atoms with E-state index in [-0.39, 0.29) is 29.7 Å². The SMILES string of the molecule is CNc1cc(N2CC[C@H](F)C2)c(C(=O)NC2CCC(C)CC2)cc1[N+](=O)[O-]. The van der Waals surface area contributed by atoms with E-state index in [1.54, 1.807) is 18.0 Å². The van der Waals surface area contributed by atoms with Crippen LogP contribution in [0, 0.1) is 16.0 Å². The standard InChI is InChI=1S/C19H27FN4O3/c1-12-3-5-14(6-4-12)22-19(25)15-9-18(24(26)27)16(21-2)10-17(15)23-8-7-13(20)11-23/h9-10,12-14,21H,3-8,11H2,1-2H3,(H,22,25)/t12?,13-,14?/m0/s1. The van der Waals surface area contributed by atoms with Gasteiger partial charge in [-0.05, 0) is 44.1 Å². The lowest BCUT2D eigenvalue weighted by Crippen LogP contribution is -2.38. The molecular formula is C19H27FN4O3. The van der Waals surface area contributed by atoms with Crippen molar-refractivity contribution in [1.82, 2.24) is 5.32 Å². The van der Waals surface area contributed by atoms with Gasteiger partial charge in [-0.1, -0.05) is 6.92 Å². The topological polar surface area (TPSA) is 87.5 Å². The summed E-state index contributed by atoms with van der Waals surface area (Å²) in [5, 5.41) is 17.3. The number of alkyl halides is 1. The van der Waals surface area contributed by atoms with Crippen LogP contribution in [0.15, 0.2) is 12.1 Å². The van der Waals surface area contributed by atoms with Gasteiger partial charge in [-0.15, -0.1) is 0 Å². The van der Waals surface area contributed by atoms with Gasteiger partial charge in [-0.2, -0.15) is 0 Å². The smallest absolute Gasteiger partial charge is 0.293 e. The Kier molecular flexibility index (Phi) is 5.82. The van der Waals surface area contributed by atoms with Crippen LogP contribution in [-0.4, -0.2) is 43.2 Å². The predicted octanol–water partition coefficient (Wildman–Crippen LogP) is 3.49. The van der Waals surface area contributed by atoms with Crippen LogP contribution in [0.3, 0.4) is 0 Å². The number of benzene rings is 1. The number of nitro groups is 1. The van der Waals surface area contributed by atoms with Gasteiger partial charge in [0.15, 0.2) is 0 Å². The molecule has 27 heavy (non-hydrogen) atoms. The number of hydrogen-bond acceptors (Lipinski definition) is 5. The highest BCUT2D eigenvalue weighted by Gasteiger charge is 2.30. The fourth-order valence-corrected chi connectivity index (χ4v) is 3.98. The van der Waals surface area contributed by atoms with E-state index in [0.29, 0.717) is 30.3 Å². The normalized spacial score (nSPS) is 25.3. The summed E-state index contributed by atoms with van der Waals surface area (Å²) in [6, 6.07) is 2.98. The molecule has 8 heteroatoms. The van der Waals surface area contributed by atoms with E-state index in [1.165, 1.54) is 6.07 Å². The number of hydrogen-bond donors (Lipinski definition) is 2. The van der Waals surface area contributed by atoms with E-state index in [2.05, 4.69) is 17.6 Å². The van der Waals surface area contributed by atoms with Crippen LogP contribution in [-0.2, 0) is 0 Å². The van der Waals surface area contributed by atoms with Crippen molar-refractivity contribution in [3.63, 3.8) is 0 Å². The molecule has 148 valence electrons. The number of nitro benzene ring substituents is 1. The number of rotatable bonds is 5. The lowest BCUT2D eigenvalue weighted by atomic mass is 9.87. The van der Waals surface area contributed by atoms with Gasteiger partial charge in [0.1, 0.15) is 11.9 Å². The number of nitrogens with one attached hydrogen (secondary N) is 2. The third-order valence-electron chi connectivity index (χ3n) is 5.65. The third kappa shape index (κ3) is 4.31. The first-order valence-electron chi connectivity index (χ1n) is 9.59. The minimum absolute atomic E-state index is 0.0806. The Labute approximate surface area is 158 Å². The van der Waals surface area contributed by atoms with Crippen molar-refractivity contribution in [2.45, 2.75) is 51.2 Å². The molecule has 7 nitrogen and oxygen atoms in total. The van der Waals surface area contributed by atoms with Crippen molar-refractivity contribution in [1.29, 1.82) is 0 Å². The molecule has 0 radical (unpaired) electrons. The fourth-order valence-electron chi connectivity index (χ4n) is 3.98. The number of amides is 1. The maximum absolute atomic E-state index is 13.7. The summed E-state index contributed by atoms with van der Waals surface area (Å²) in [5.74, 6) is 0.341. The fraction of sp³-hybridized carbons (Fsp3) is 0.632. The van der Waals surface area contributed by atoms with Gasteiger partial charge >= 0.3 is 0 Å². The van der Waals surface area contributed by atoms with E-state index in [9.17, 15) is 19.3 Å². The molecule has 0 spiro atoms. The molecule has 1 saturated heterocycles. The van der Waals surface area contributed by atoms with E-state index in [4.69, 9.17) is 0 Å². The number of anilines is 2. The first kappa shape index (κ1) is 19.4. The monoisotopic (exact) mass is 378 g/mol. The highest BCUT2D eigenvalue weighted by molar-refractivity contribution is 6.02. The Morgan fingerprint density at radius 1 is 1.26 bits per heavy atom. The van der Waals surface area contributed by atoms with E-state index >= 15 is 0 Å². The summed E-state index contributed by atoms with van der Waals surface area (Å²) < 4.78 is 13.7. The Morgan fingerprint density at radius 3 is 2.52 bits per heavy atom. The molecule has 2 N–H and O–H groups in total. The second-order valence-corrected chi connectivity index (χ2v) is 7.66. The lowest BCUT2D eigenvalue weighted by molar-refractivity contribution is -0.383. The van der Waals surface area contributed by atoms with Crippen LogP contribution in [0.2, 0.25) is 0 Å². The molecule has 1 atom stereocenters. The van der Waals surface area contributed by atoms with Gasteiger partial charge < -0.3 is 15.5 Å². The summed E-state index contributed by atoms with van der Waals surface area (Å²) in [6.07, 6.45) is 3.39. The van der Waals surface area contributed by atoms with E-state index < -0.39 is 11.1 Å². The Hall–Kier alpha value is -2.38. The van der Waals surface area contributed by atoms with Crippen molar-refractivity contribution >= 4 is 23.0 Å². The Balaban J connectivity index is 1.91. The highest BCUT2D eigenvalue weighted by atomic mass is 19.1. The molecule has 1 aromatic rings. The second-order valence-electron chi connectivity index (χ2n) is 7.66. The summed E-state index contributed by atoms with van der Waals surface area (Å²) >= 11 is 0. The average Bonchev–Trinajstić information content (AvgIpc) is 3.08. The highest BCUT2D eigenvalue weighted by Crippen LogP contribution is 2.35. The summed E-state index contributed by atoms with van der Waals surface area (Å²) in [6.45, 7) is 2.89. The van der Waals surface area contributed by atoms with Crippen molar-refractivity contribution in [3.05, 3.63) is 27.8 Å². The van der Waals surface area contributed by atoms with Gasteiger partial charge in [0, 0.05) is 32.2 Å².